The number of amides is 1. The Morgan fingerprint density at radius 1 is 1.64 bits per heavy atom. The zero-order valence-corrected chi connectivity index (χ0v) is 8.55. The van der Waals surface area contributed by atoms with Gasteiger partial charge >= 0.3 is 0 Å². The quantitative estimate of drug-likeness (QED) is 0.671. The standard InChI is InChI=1S/C10H17N3O/c1-2-3-6-12-10(14)5-4-9-7-11-8-13-9/h7-8H,2-6H2,1H3,(H,11,13)(H,12,14). The summed E-state index contributed by atoms with van der Waals surface area (Å²) >= 11 is 0. The molecule has 0 radical (unpaired) electrons. The normalized spacial score (nSPS) is 10.1. The minimum Gasteiger partial charge on any atom is -0.356 e. The summed E-state index contributed by atoms with van der Waals surface area (Å²) in [5.74, 6) is 0.119. The van der Waals surface area contributed by atoms with Crippen LogP contribution in [0, 0.1) is 0 Å². The Balaban J connectivity index is 2.09. The van der Waals surface area contributed by atoms with Crippen LogP contribution in [0.3, 0.4) is 0 Å². The van der Waals surface area contributed by atoms with Crippen LogP contribution in [-0.4, -0.2) is 22.4 Å². The van der Waals surface area contributed by atoms with Crippen LogP contribution < -0.4 is 5.32 Å². The van der Waals surface area contributed by atoms with Gasteiger partial charge in [-0.15, -0.1) is 0 Å². The van der Waals surface area contributed by atoms with Crippen LogP contribution in [0.25, 0.3) is 0 Å². The summed E-state index contributed by atoms with van der Waals surface area (Å²) < 4.78 is 0. The zero-order chi connectivity index (χ0) is 10.2. The van der Waals surface area contributed by atoms with Crippen LogP contribution in [0.5, 0.6) is 0 Å². The van der Waals surface area contributed by atoms with E-state index >= 15 is 0 Å². The van der Waals surface area contributed by atoms with Crippen LogP contribution >= 0.6 is 0 Å². The molecule has 0 fully saturated rings. The van der Waals surface area contributed by atoms with Crippen molar-refractivity contribution in [3.05, 3.63) is 18.2 Å². The van der Waals surface area contributed by atoms with E-state index in [1.165, 1.54) is 0 Å². The molecule has 1 aromatic heterocycles. The Bertz CT molecular complexity index is 256. The molecular formula is C10H17N3O. The van der Waals surface area contributed by atoms with E-state index in [2.05, 4.69) is 22.2 Å². The van der Waals surface area contributed by atoms with E-state index in [9.17, 15) is 4.79 Å². The number of aromatic nitrogens is 2. The number of H-pyrrole nitrogens is 1. The lowest BCUT2D eigenvalue weighted by Gasteiger charge is -2.02. The highest BCUT2D eigenvalue weighted by atomic mass is 16.1. The van der Waals surface area contributed by atoms with E-state index in [1.807, 2.05) is 0 Å². The molecule has 0 bridgehead atoms. The van der Waals surface area contributed by atoms with Crippen LogP contribution in [0.2, 0.25) is 0 Å². The molecule has 0 saturated heterocycles. The molecular weight excluding hydrogens is 178 g/mol. The van der Waals surface area contributed by atoms with Gasteiger partial charge in [-0.1, -0.05) is 13.3 Å². The van der Waals surface area contributed by atoms with E-state index in [0.717, 1.165) is 31.5 Å². The Hall–Kier alpha value is -1.32. The molecule has 1 rings (SSSR count). The molecule has 4 nitrogen and oxygen atoms in total. The van der Waals surface area contributed by atoms with Crippen LogP contribution in [0.1, 0.15) is 31.9 Å². The van der Waals surface area contributed by atoms with Gasteiger partial charge in [0.2, 0.25) is 5.91 Å². The van der Waals surface area contributed by atoms with E-state index in [-0.39, 0.29) is 5.91 Å². The van der Waals surface area contributed by atoms with Gasteiger partial charge in [0.1, 0.15) is 0 Å². The first-order valence-electron chi connectivity index (χ1n) is 5.07. The topological polar surface area (TPSA) is 57.8 Å². The SMILES string of the molecule is CCCCNC(=O)CCc1cnc[nH]1. The molecule has 1 heterocycles. The molecule has 0 unspecified atom stereocenters. The molecule has 0 aliphatic carbocycles. The van der Waals surface area contributed by atoms with Gasteiger partial charge in [-0.2, -0.15) is 0 Å². The van der Waals surface area contributed by atoms with Crippen molar-refractivity contribution in [2.75, 3.05) is 6.54 Å². The molecule has 0 aliphatic heterocycles. The van der Waals surface area contributed by atoms with Crippen molar-refractivity contribution in [1.29, 1.82) is 0 Å². The lowest BCUT2D eigenvalue weighted by molar-refractivity contribution is -0.121. The summed E-state index contributed by atoms with van der Waals surface area (Å²) in [6.07, 6.45) is 6.81. The smallest absolute Gasteiger partial charge is 0.220 e. The number of nitrogens with zero attached hydrogens (tertiary/aromatic N) is 1. The summed E-state index contributed by atoms with van der Waals surface area (Å²) in [7, 11) is 0. The monoisotopic (exact) mass is 195 g/mol. The number of rotatable bonds is 6. The molecule has 0 aromatic carbocycles. The van der Waals surface area contributed by atoms with Crippen molar-refractivity contribution in [2.24, 2.45) is 0 Å². The van der Waals surface area contributed by atoms with Crippen molar-refractivity contribution in [3.8, 4) is 0 Å². The fourth-order valence-corrected chi connectivity index (χ4v) is 1.16. The van der Waals surface area contributed by atoms with Gasteiger partial charge in [0.05, 0.1) is 6.33 Å². The van der Waals surface area contributed by atoms with E-state index in [0.29, 0.717) is 6.42 Å². The van der Waals surface area contributed by atoms with Gasteiger partial charge in [-0.3, -0.25) is 4.79 Å². The number of unbranched alkanes of at least 4 members (excludes halogenated alkanes) is 1. The van der Waals surface area contributed by atoms with Crippen LogP contribution in [0.4, 0.5) is 0 Å². The third-order valence-corrected chi connectivity index (χ3v) is 2.03. The predicted octanol–water partition coefficient (Wildman–Crippen LogP) is 1.26. The summed E-state index contributed by atoms with van der Waals surface area (Å²) in [5, 5.41) is 2.87. The first-order chi connectivity index (χ1) is 6.83. The summed E-state index contributed by atoms with van der Waals surface area (Å²) in [5.41, 5.74) is 1.01. The number of imidazole rings is 1. The number of nitrogens with one attached hydrogen (secondary N) is 2. The fourth-order valence-electron chi connectivity index (χ4n) is 1.16. The third kappa shape index (κ3) is 4.07. The van der Waals surface area contributed by atoms with Crippen molar-refractivity contribution in [3.63, 3.8) is 0 Å². The Morgan fingerprint density at radius 3 is 3.14 bits per heavy atom. The number of aryl methyl sites for hydroxylation is 1. The highest BCUT2D eigenvalue weighted by Gasteiger charge is 2.01. The van der Waals surface area contributed by atoms with Gasteiger partial charge in [0.25, 0.3) is 0 Å². The van der Waals surface area contributed by atoms with E-state index in [4.69, 9.17) is 0 Å². The molecule has 0 aliphatic rings. The van der Waals surface area contributed by atoms with Crippen LogP contribution in [0.15, 0.2) is 12.5 Å². The maximum absolute atomic E-state index is 11.3. The Kier molecular flexibility index (Phi) is 4.75. The molecule has 0 atom stereocenters. The molecule has 0 saturated carbocycles. The minimum atomic E-state index is 0.119. The second-order valence-electron chi connectivity index (χ2n) is 3.28. The van der Waals surface area contributed by atoms with Gasteiger partial charge in [-0.05, 0) is 12.8 Å². The second kappa shape index (κ2) is 6.18. The number of aromatic amines is 1. The first-order valence-corrected chi connectivity index (χ1v) is 5.07. The van der Waals surface area contributed by atoms with Gasteiger partial charge < -0.3 is 10.3 Å². The van der Waals surface area contributed by atoms with Crippen molar-refractivity contribution in [2.45, 2.75) is 32.6 Å². The second-order valence-corrected chi connectivity index (χ2v) is 3.28. The third-order valence-electron chi connectivity index (χ3n) is 2.03. The van der Waals surface area contributed by atoms with Gasteiger partial charge in [0, 0.05) is 24.9 Å². The summed E-state index contributed by atoms with van der Waals surface area (Å²) in [4.78, 5) is 18.1. The van der Waals surface area contributed by atoms with Crippen molar-refractivity contribution in [1.82, 2.24) is 15.3 Å². The molecule has 0 spiro atoms. The first kappa shape index (κ1) is 10.8. The zero-order valence-electron chi connectivity index (χ0n) is 8.55. The molecule has 14 heavy (non-hydrogen) atoms. The summed E-state index contributed by atoms with van der Waals surface area (Å²) in [6.45, 7) is 2.90. The summed E-state index contributed by atoms with van der Waals surface area (Å²) in [6, 6.07) is 0. The average Bonchev–Trinajstić information content (AvgIpc) is 2.68. The average molecular weight is 195 g/mol. The highest BCUT2D eigenvalue weighted by molar-refractivity contribution is 5.76. The molecule has 1 aromatic rings. The maximum Gasteiger partial charge on any atom is 0.220 e. The van der Waals surface area contributed by atoms with Crippen molar-refractivity contribution < 1.29 is 4.79 Å². The molecule has 1 amide bonds. The highest BCUT2D eigenvalue weighted by Crippen LogP contribution is 1.96. The minimum absolute atomic E-state index is 0.119. The fraction of sp³-hybridized carbons (Fsp3) is 0.600. The maximum atomic E-state index is 11.3. The number of carbonyl (C=O) groups excluding carboxylic acids is 1. The van der Waals surface area contributed by atoms with Gasteiger partial charge in [0.15, 0.2) is 0 Å². The van der Waals surface area contributed by atoms with Crippen LogP contribution in [-0.2, 0) is 11.2 Å². The van der Waals surface area contributed by atoms with E-state index < -0.39 is 0 Å². The van der Waals surface area contributed by atoms with Crippen molar-refractivity contribution >= 4 is 5.91 Å². The number of carbonyl (C=O) groups is 1. The Morgan fingerprint density at radius 2 is 2.50 bits per heavy atom. The Labute approximate surface area is 84.1 Å². The van der Waals surface area contributed by atoms with E-state index in [1.54, 1.807) is 12.5 Å². The molecule has 2 N–H and O–H groups in total. The lowest BCUT2D eigenvalue weighted by Crippen LogP contribution is -2.24. The number of hydrogen-bond donors (Lipinski definition) is 2. The lowest BCUT2D eigenvalue weighted by atomic mass is 10.2. The predicted molar refractivity (Wildman–Crippen MR) is 54.8 cm³/mol. The van der Waals surface area contributed by atoms with Gasteiger partial charge in [-0.25, -0.2) is 4.98 Å². The number of hydrogen-bond acceptors (Lipinski definition) is 2. The molecule has 4 heteroatoms. The molecule has 78 valence electrons. The largest absolute Gasteiger partial charge is 0.356 e.